The smallest absolute Gasteiger partial charge is 0.237 e. The number of nitrogens with one attached hydrogen (secondary N) is 2. The predicted octanol–water partition coefficient (Wildman–Crippen LogP) is 1.63. The number of carbonyl (C=O) groups excluding carboxylic acids is 1. The third-order valence-electron chi connectivity index (χ3n) is 2.52. The van der Waals surface area contributed by atoms with Crippen LogP contribution in [0.2, 0.25) is 0 Å². The number of hydrogen-bond donors (Lipinski definition) is 2. The van der Waals surface area contributed by atoms with Crippen molar-refractivity contribution in [3.05, 3.63) is 24.2 Å². The van der Waals surface area contributed by atoms with Gasteiger partial charge in [0.25, 0.3) is 0 Å². The van der Waals surface area contributed by atoms with E-state index in [1.54, 1.807) is 18.0 Å². The van der Waals surface area contributed by atoms with Crippen molar-refractivity contribution < 1.29 is 9.21 Å². The molecule has 17 heavy (non-hydrogen) atoms. The van der Waals surface area contributed by atoms with Crippen LogP contribution in [0.5, 0.6) is 0 Å². The van der Waals surface area contributed by atoms with Gasteiger partial charge in [0.15, 0.2) is 0 Å². The zero-order valence-electron chi connectivity index (χ0n) is 10.5. The molecule has 0 aromatic carbocycles. The van der Waals surface area contributed by atoms with Crippen LogP contribution in [0.3, 0.4) is 0 Å². The van der Waals surface area contributed by atoms with Crippen LogP contribution < -0.4 is 10.6 Å². The van der Waals surface area contributed by atoms with E-state index >= 15 is 0 Å². The Labute approximate surface area is 107 Å². The molecular weight excluding hydrogens is 236 g/mol. The third kappa shape index (κ3) is 5.28. The molecule has 1 heterocycles. The molecule has 0 aliphatic carbocycles. The van der Waals surface area contributed by atoms with Gasteiger partial charge in [-0.1, -0.05) is 6.92 Å². The highest BCUT2D eigenvalue weighted by Gasteiger charge is 2.13. The molecule has 96 valence electrons. The summed E-state index contributed by atoms with van der Waals surface area (Å²) < 4.78 is 5.14. The fourth-order valence-corrected chi connectivity index (χ4v) is 1.52. The largest absolute Gasteiger partial charge is 0.467 e. The molecule has 0 saturated heterocycles. The number of furan rings is 1. The average Bonchev–Trinajstić information content (AvgIpc) is 2.85. The molecule has 0 fully saturated rings. The lowest BCUT2D eigenvalue weighted by Gasteiger charge is -2.16. The molecular formula is C12H20N2O2S. The van der Waals surface area contributed by atoms with E-state index in [9.17, 15) is 4.79 Å². The molecule has 4 nitrogen and oxygen atoms in total. The van der Waals surface area contributed by atoms with Gasteiger partial charge in [-0.2, -0.15) is 11.8 Å². The Morgan fingerprint density at radius 2 is 2.29 bits per heavy atom. The minimum atomic E-state index is -0.181. The van der Waals surface area contributed by atoms with Crippen molar-refractivity contribution in [2.75, 3.05) is 12.8 Å². The van der Waals surface area contributed by atoms with E-state index < -0.39 is 0 Å². The van der Waals surface area contributed by atoms with Gasteiger partial charge < -0.3 is 15.1 Å². The number of thioether (sulfide) groups is 1. The predicted molar refractivity (Wildman–Crippen MR) is 71.0 cm³/mol. The van der Waals surface area contributed by atoms with Gasteiger partial charge in [-0.15, -0.1) is 0 Å². The third-order valence-corrected chi connectivity index (χ3v) is 3.50. The SMILES string of the molecule is CSC(C)CNC(C)C(=O)NCc1ccco1. The molecule has 1 aromatic heterocycles. The van der Waals surface area contributed by atoms with Gasteiger partial charge in [0.2, 0.25) is 5.91 Å². The second kappa shape index (κ2) is 7.40. The van der Waals surface area contributed by atoms with Gasteiger partial charge in [0.1, 0.15) is 5.76 Å². The lowest BCUT2D eigenvalue weighted by atomic mass is 10.3. The van der Waals surface area contributed by atoms with Crippen molar-refractivity contribution in [2.24, 2.45) is 0 Å². The van der Waals surface area contributed by atoms with E-state index in [0.29, 0.717) is 11.8 Å². The number of hydrogen-bond acceptors (Lipinski definition) is 4. The van der Waals surface area contributed by atoms with Crippen molar-refractivity contribution in [2.45, 2.75) is 31.7 Å². The molecule has 2 unspecified atom stereocenters. The zero-order valence-corrected chi connectivity index (χ0v) is 11.3. The van der Waals surface area contributed by atoms with Crippen LogP contribution >= 0.6 is 11.8 Å². The zero-order chi connectivity index (χ0) is 12.7. The second-order valence-corrected chi connectivity index (χ2v) is 5.25. The monoisotopic (exact) mass is 256 g/mol. The molecule has 1 aromatic rings. The first-order chi connectivity index (χ1) is 8.13. The van der Waals surface area contributed by atoms with Crippen LogP contribution in [0.25, 0.3) is 0 Å². The Balaban J connectivity index is 2.22. The molecule has 1 rings (SSSR count). The molecule has 2 atom stereocenters. The summed E-state index contributed by atoms with van der Waals surface area (Å²) in [4.78, 5) is 11.7. The number of amides is 1. The van der Waals surface area contributed by atoms with Gasteiger partial charge in [0, 0.05) is 11.8 Å². The molecule has 0 aliphatic heterocycles. The first-order valence-corrected chi connectivity index (χ1v) is 6.98. The molecule has 0 spiro atoms. The van der Waals surface area contributed by atoms with Crippen molar-refractivity contribution >= 4 is 17.7 Å². The first-order valence-electron chi connectivity index (χ1n) is 5.69. The van der Waals surface area contributed by atoms with Gasteiger partial charge in [-0.3, -0.25) is 4.79 Å². The van der Waals surface area contributed by atoms with Crippen LogP contribution in [-0.2, 0) is 11.3 Å². The number of rotatable bonds is 7. The van der Waals surface area contributed by atoms with Crippen LogP contribution in [0.1, 0.15) is 19.6 Å². The topological polar surface area (TPSA) is 54.3 Å². The molecule has 0 saturated carbocycles. The molecule has 0 bridgehead atoms. The van der Waals surface area contributed by atoms with E-state index in [-0.39, 0.29) is 11.9 Å². The summed E-state index contributed by atoms with van der Waals surface area (Å²) in [6, 6.07) is 3.47. The Morgan fingerprint density at radius 3 is 2.88 bits per heavy atom. The fraction of sp³-hybridized carbons (Fsp3) is 0.583. The Hall–Kier alpha value is -0.940. The summed E-state index contributed by atoms with van der Waals surface area (Å²) in [7, 11) is 0. The number of carbonyl (C=O) groups is 1. The molecule has 2 N–H and O–H groups in total. The molecule has 0 radical (unpaired) electrons. The summed E-state index contributed by atoms with van der Waals surface area (Å²) in [5, 5.41) is 6.53. The van der Waals surface area contributed by atoms with Gasteiger partial charge in [-0.25, -0.2) is 0 Å². The van der Waals surface area contributed by atoms with Crippen molar-refractivity contribution in [3.8, 4) is 0 Å². The van der Waals surface area contributed by atoms with E-state index in [1.807, 2.05) is 19.1 Å². The highest BCUT2D eigenvalue weighted by Crippen LogP contribution is 2.03. The lowest BCUT2D eigenvalue weighted by molar-refractivity contribution is -0.123. The summed E-state index contributed by atoms with van der Waals surface area (Å²) in [6.45, 7) is 5.27. The Morgan fingerprint density at radius 1 is 1.53 bits per heavy atom. The Kier molecular flexibility index (Phi) is 6.15. The van der Waals surface area contributed by atoms with Crippen molar-refractivity contribution in [1.29, 1.82) is 0 Å². The summed E-state index contributed by atoms with van der Waals surface area (Å²) in [5.74, 6) is 0.762. The highest BCUT2D eigenvalue weighted by atomic mass is 32.2. The minimum absolute atomic E-state index is 0.00490. The van der Waals surface area contributed by atoms with E-state index in [1.165, 1.54) is 0 Å². The molecule has 0 aliphatic rings. The maximum Gasteiger partial charge on any atom is 0.237 e. The summed E-state index contributed by atoms with van der Waals surface area (Å²) >= 11 is 1.78. The second-order valence-electron chi connectivity index (χ2n) is 3.97. The van der Waals surface area contributed by atoms with Crippen LogP contribution in [-0.4, -0.2) is 30.0 Å². The van der Waals surface area contributed by atoms with Gasteiger partial charge >= 0.3 is 0 Å². The van der Waals surface area contributed by atoms with Crippen LogP contribution in [0.15, 0.2) is 22.8 Å². The summed E-state index contributed by atoms with van der Waals surface area (Å²) in [5.41, 5.74) is 0. The van der Waals surface area contributed by atoms with Gasteiger partial charge in [0.05, 0.1) is 18.8 Å². The Bertz CT molecular complexity index is 327. The van der Waals surface area contributed by atoms with E-state index in [2.05, 4.69) is 23.8 Å². The summed E-state index contributed by atoms with van der Waals surface area (Å²) in [6.07, 6.45) is 3.66. The van der Waals surface area contributed by atoms with Crippen LogP contribution in [0.4, 0.5) is 0 Å². The standard InChI is InChI=1S/C12H20N2O2S/c1-9(17-3)7-13-10(2)12(15)14-8-11-5-4-6-16-11/h4-6,9-10,13H,7-8H2,1-3H3,(H,14,15). The van der Waals surface area contributed by atoms with Crippen LogP contribution in [0, 0.1) is 0 Å². The average molecular weight is 256 g/mol. The van der Waals surface area contributed by atoms with Crippen molar-refractivity contribution in [3.63, 3.8) is 0 Å². The van der Waals surface area contributed by atoms with Gasteiger partial charge in [-0.05, 0) is 25.3 Å². The van der Waals surface area contributed by atoms with Crippen molar-refractivity contribution in [1.82, 2.24) is 10.6 Å². The fourth-order valence-electron chi connectivity index (χ4n) is 1.26. The molecule has 1 amide bonds. The van der Waals surface area contributed by atoms with E-state index in [0.717, 1.165) is 12.3 Å². The van der Waals surface area contributed by atoms with E-state index in [4.69, 9.17) is 4.42 Å². The minimum Gasteiger partial charge on any atom is -0.467 e. The molecule has 5 heteroatoms. The normalized spacial score (nSPS) is 14.3. The lowest BCUT2D eigenvalue weighted by Crippen LogP contribution is -2.43. The quantitative estimate of drug-likeness (QED) is 0.778. The highest BCUT2D eigenvalue weighted by molar-refractivity contribution is 7.99. The maximum absolute atomic E-state index is 11.7. The first kappa shape index (κ1) is 14.1. The maximum atomic E-state index is 11.7.